The number of rotatable bonds is 1. The van der Waals surface area contributed by atoms with E-state index in [1.165, 1.54) is 12.8 Å². The van der Waals surface area contributed by atoms with Gasteiger partial charge < -0.3 is 5.32 Å². The molecule has 1 heterocycles. The number of nitrogens with zero attached hydrogens (tertiary/aromatic N) is 1. The number of nitrogens with one attached hydrogen (secondary N) is 1. The monoisotopic (exact) mass is 136 g/mol. The second-order valence-electron chi connectivity index (χ2n) is 2.59. The summed E-state index contributed by atoms with van der Waals surface area (Å²) in [5.74, 6) is 0.591. The lowest BCUT2D eigenvalue weighted by molar-refractivity contribution is 0.438. The van der Waals surface area contributed by atoms with Gasteiger partial charge in [-0.2, -0.15) is 5.26 Å². The highest BCUT2D eigenvalue weighted by atomic mass is 14.9. The summed E-state index contributed by atoms with van der Waals surface area (Å²) in [7, 11) is 0. The minimum atomic E-state index is 0.591. The highest BCUT2D eigenvalue weighted by molar-refractivity contribution is 5.04. The molecule has 1 fully saturated rings. The van der Waals surface area contributed by atoms with E-state index >= 15 is 0 Å². The van der Waals surface area contributed by atoms with Gasteiger partial charge in [0.2, 0.25) is 0 Å². The summed E-state index contributed by atoms with van der Waals surface area (Å²) in [5, 5.41) is 11.5. The van der Waals surface area contributed by atoms with Crippen LogP contribution in [0.25, 0.3) is 0 Å². The number of hydrogen-bond donors (Lipinski definition) is 1. The molecule has 0 aromatic carbocycles. The van der Waals surface area contributed by atoms with Crippen molar-refractivity contribution in [3.05, 3.63) is 12.2 Å². The fourth-order valence-electron chi connectivity index (χ4n) is 1.22. The molecule has 0 aromatic rings. The van der Waals surface area contributed by atoms with Gasteiger partial charge >= 0.3 is 0 Å². The fraction of sp³-hybridized carbons (Fsp3) is 0.625. The zero-order chi connectivity index (χ0) is 7.23. The first-order chi connectivity index (χ1) is 4.93. The Kier molecular flexibility index (Phi) is 2.98. The zero-order valence-corrected chi connectivity index (χ0v) is 6.01. The van der Waals surface area contributed by atoms with Crippen molar-refractivity contribution < 1.29 is 0 Å². The van der Waals surface area contributed by atoms with Gasteiger partial charge in [0.1, 0.15) is 0 Å². The standard InChI is InChI=1S/C8H12N2/c9-5-1-3-8-4-2-6-10-7-8/h1,3,8,10H,2,4,6-7H2/b3-1+. The number of nitriles is 1. The molecule has 1 aliphatic heterocycles. The van der Waals surface area contributed by atoms with E-state index in [0.29, 0.717) is 5.92 Å². The lowest BCUT2D eigenvalue weighted by Gasteiger charge is -2.18. The molecule has 2 nitrogen and oxygen atoms in total. The van der Waals surface area contributed by atoms with Crippen LogP contribution in [0.1, 0.15) is 12.8 Å². The Morgan fingerprint density at radius 3 is 3.10 bits per heavy atom. The molecule has 1 saturated heterocycles. The molecular formula is C8H12N2. The fourth-order valence-corrected chi connectivity index (χ4v) is 1.22. The van der Waals surface area contributed by atoms with Crippen molar-refractivity contribution in [3.8, 4) is 6.07 Å². The molecule has 1 unspecified atom stereocenters. The van der Waals surface area contributed by atoms with Crippen molar-refractivity contribution in [2.75, 3.05) is 13.1 Å². The van der Waals surface area contributed by atoms with Crippen molar-refractivity contribution in [1.82, 2.24) is 5.32 Å². The molecule has 10 heavy (non-hydrogen) atoms. The van der Waals surface area contributed by atoms with E-state index < -0.39 is 0 Å². The van der Waals surface area contributed by atoms with Gasteiger partial charge in [-0.25, -0.2) is 0 Å². The van der Waals surface area contributed by atoms with Crippen LogP contribution < -0.4 is 5.32 Å². The third kappa shape index (κ3) is 2.20. The molecule has 1 rings (SSSR count). The third-order valence-electron chi connectivity index (χ3n) is 1.78. The van der Waals surface area contributed by atoms with E-state index in [4.69, 9.17) is 5.26 Å². The van der Waals surface area contributed by atoms with Crippen LogP contribution in [0.5, 0.6) is 0 Å². The van der Waals surface area contributed by atoms with Gasteiger partial charge in [-0.05, 0) is 25.3 Å². The molecule has 0 bridgehead atoms. The van der Waals surface area contributed by atoms with E-state index in [-0.39, 0.29) is 0 Å². The highest BCUT2D eigenvalue weighted by Gasteiger charge is 2.08. The third-order valence-corrected chi connectivity index (χ3v) is 1.78. The van der Waals surface area contributed by atoms with Crippen LogP contribution in [0.3, 0.4) is 0 Å². The van der Waals surface area contributed by atoms with Crippen molar-refractivity contribution in [1.29, 1.82) is 5.26 Å². The van der Waals surface area contributed by atoms with E-state index in [9.17, 15) is 0 Å². The molecule has 1 atom stereocenters. The van der Waals surface area contributed by atoms with Gasteiger partial charge in [0.05, 0.1) is 6.07 Å². The van der Waals surface area contributed by atoms with E-state index in [0.717, 1.165) is 13.1 Å². The van der Waals surface area contributed by atoms with Gasteiger partial charge in [0.15, 0.2) is 0 Å². The minimum Gasteiger partial charge on any atom is -0.316 e. The first-order valence-corrected chi connectivity index (χ1v) is 3.70. The topological polar surface area (TPSA) is 35.8 Å². The van der Waals surface area contributed by atoms with Crippen LogP contribution in [-0.2, 0) is 0 Å². The second-order valence-corrected chi connectivity index (χ2v) is 2.59. The van der Waals surface area contributed by atoms with Crippen molar-refractivity contribution in [3.63, 3.8) is 0 Å². The molecule has 1 aliphatic rings. The molecule has 0 saturated carbocycles. The molecule has 54 valence electrons. The Labute approximate surface area is 61.5 Å². The summed E-state index contributed by atoms with van der Waals surface area (Å²) in [6.07, 6.45) is 6.04. The van der Waals surface area contributed by atoms with Gasteiger partial charge in [0, 0.05) is 12.6 Å². The molecule has 0 aromatic heterocycles. The highest BCUT2D eigenvalue weighted by Crippen LogP contribution is 2.10. The van der Waals surface area contributed by atoms with Crippen LogP contribution in [0.2, 0.25) is 0 Å². The summed E-state index contributed by atoms with van der Waals surface area (Å²) < 4.78 is 0. The summed E-state index contributed by atoms with van der Waals surface area (Å²) in [4.78, 5) is 0. The summed E-state index contributed by atoms with van der Waals surface area (Å²) >= 11 is 0. The molecule has 1 N–H and O–H groups in total. The minimum absolute atomic E-state index is 0.591. The van der Waals surface area contributed by atoms with Crippen LogP contribution in [0.15, 0.2) is 12.2 Å². The number of allylic oxidation sites excluding steroid dienone is 1. The predicted molar refractivity (Wildman–Crippen MR) is 40.3 cm³/mol. The van der Waals surface area contributed by atoms with Gasteiger partial charge in [-0.3, -0.25) is 0 Å². The van der Waals surface area contributed by atoms with Crippen molar-refractivity contribution >= 4 is 0 Å². The van der Waals surface area contributed by atoms with Crippen molar-refractivity contribution in [2.24, 2.45) is 5.92 Å². The van der Waals surface area contributed by atoms with Gasteiger partial charge in [-0.1, -0.05) is 6.08 Å². The van der Waals surface area contributed by atoms with Crippen LogP contribution in [0, 0.1) is 17.2 Å². The van der Waals surface area contributed by atoms with Gasteiger partial charge in [-0.15, -0.1) is 0 Å². The van der Waals surface area contributed by atoms with Crippen molar-refractivity contribution in [2.45, 2.75) is 12.8 Å². The Bertz CT molecular complexity index is 149. The number of piperidine rings is 1. The second kappa shape index (κ2) is 4.08. The molecule has 0 radical (unpaired) electrons. The normalized spacial score (nSPS) is 26.5. The van der Waals surface area contributed by atoms with E-state index in [1.807, 2.05) is 12.1 Å². The van der Waals surface area contributed by atoms with Crippen LogP contribution in [-0.4, -0.2) is 13.1 Å². The maximum absolute atomic E-state index is 8.24. The van der Waals surface area contributed by atoms with Crippen LogP contribution in [0.4, 0.5) is 0 Å². The Hall–Kier alpha value is -0.810. The molecule has 2 heteroatoms. The van der Waals surface area contributed by atoms with E-state index in [1.54, 1.807) is 6.08 Å². The maximum atomic E-state index is 8.24. The van der Waals surface area contributed by atoms with Crippen LogP contribution >= 0.6 is 0 Å². The summed E-state index contributed by atoms with van der Waals surface area (Å²) in [6, 6.07) is 2.01. The van der Waals surface area contributed by atoms with Gasteiger partial charge in [0.25, 0.3) is 0 Å². The molecule has 0 amide bonds. The maximum Gasteiger partial charge on any atom is 0.0908 e. The zero-order valence-electron chi connectivity index (χ0n) is 6.01. The number of hydrogen-bond acceptors (Lipinski definition) is 2. The average Bonchev–Trinajstić information content (AvgIpc) is 2.03. The summed E-state index contributed by atoms with van der Waals surface area (Å²) in [5.41, 5.74) is 0. The molecule has 0 spiro atoms. The van der Waals surface area contributed by atoms with E-state index in [2.05, 4.69) is 5.32 Å². The molecule has 0 aliphatic carbocycles. The Morgan fingerprint density at radius 2 is 2.50 bits per heavy atom. The summed E-state index contributed by atoms with van der Waals surface area (Å²) in [6.45, 7) is 2.18. The Morgan fingerprint density at radius 1 is 1.60 bits per heavy atom. The first kappa shape index (κ1) is 7.30. The quantitative estimate of drug-likeness (QED) is 0.547. The SMILES string of the molecule is N#C/C=C/C1CCCNC1. The lowest BCUT2D eigenvalue weighted by Crippen LogP contribution is -2.28. The Balaban J connectivity index is 2.27. The smallest absolute Gasteiger partial charge is 0.0908 e. The largest absolute Gasteiger partial charge is 0.316 e. The molecular weight excluding hydrogens is 124 g/mol. The predicted octanol–water partition coefficient (Wildman–Crippen LogP) is 1.07. The lowest BCUT2D eigenvalue weighted by atomic mass is 9.99. The first-order valence-electron chi connectivity index (χ1n) is 3.70. The average molecular weight is 136 g/mol.